The van der Waals surface area contributed by atoms with Gasteiger partial charge in [0.1, 0.15) is 12.3 Å². The molecule has 0 unspecified atom stereocenters. The van der Waals surface area contributed by atoms with Crippen LogP contribution in [0.2, 0.25) is 0 Å². The number of fused-ring (bicyclic) bond motifs is 1. The van der Waals surface area contributed by atoms with Crippen LogP contribution >= 0.6 is 15.9 Å². The molecular formula is C10H11BrN2O3. The van der Waals surface area contributed by atoms with E-state index < -0.39 is 6.09 Å². The lowest BCUT2D eigenvalue weighted by atomic mass is 10.1. The summed E-state index contributed by atoms with van der Waals surface area (Å²) >= 11 is 3.37. The van der Waals surface area contributed by atoms with Crippen molar-refractivity contribution in [2.45, 2.75) is 13.3 Å². The largest absolute Gasteiger partial charge is 0.474 e. The lowest BCUT2D eigenvalue weighted by molar-refractivity contribution is 0.196. The number of halogens is 1. The highest BCUT2D eigenvalue weighted by Crippen LogP contribution is 2.37. The van der Waals surface area contributed by atoms with Crippen LogP contribution in [0.1, 0.15) is 12.5 Å². The van der Waals surface area contributed by atoms with Crippen LogP contribution < -0.4 is 9.64 Å². The highest BCUT2D eigenvalue weighted by Gasteiger charge is 2.27. The van der Waals surface area contributed by atoms with Gasteiger partial charge in [-0.1, -0.05) is 6.92 Å². The maximum atomic E-state index is 11.1. The summed E-state index contributed by atoms with van der Waals surface area (Å²) in [7, 11) is 0. The Morgan fingerprint density at radius 2 is 2.50 bits per heavy atom. The predicted molar refractivity (Wildman–Crippen MR) is 62.2 cm³/mol. The molecule has 1 aromatic rings. The third kappa shape index (κ3) is 1.73. The molecule has 0 aromatic carbocycles. The first kappa shape index (κ1) is 11.2. The number of anilines is 1. The number of nitrogens with zero attached hydrogens (tertiary/aromatic N) is 2. The molecular weight excluding hydrogens is 276 g/mol. The summed E-state index contributed by atoms with van der Waals surface area (Å²) in [5.41, 5.74) is 1.47. The average Bonchev–Trinajstić information content (AvgIpc) is 2.28. The SMILES string of the molecule is CCc1c(Br)cnc2c1N(C(=O)O)CCO2. The number of hydrogen-bond acceptors (Lipinski definition) is 3. The zero-order valence-corrected chi connectivity index (χ0v) is 10.3. The number of carboxylic acid groups (broad SMARTS) is 1. The molecule has 16 heavy (non-hydrogen) atoms. The molecule has 0 aliphatic carbocycles. The third-order valence-corrected chi connectivity index (χ3v) is 3.16. The van der Waals surface area contributed by atoms with Gasteiger partial charge in [-0.15, -0.1) is 0 Å². The van der Waals surface area contributed by atoms with Gasteiger partial charge >= 0.3 is 6.09 Å². The number of aromatic nitrogens is 1. The maximum absolute atomic E-state index is 11.1. The molecule has 0 bridgehead atoms. The van der Waals surface area contributed by atoms with Gasteiger partial charge in [0.2, 0.25) is 5.88 Å². The minimum Gasteiger partial charge on any atom is -0.474 e. The molecule has 0 atom stereocenters. The molecule has 1 aliphatic heterocycles. The molecule has 1 aromatic heterocycles. The number of hydrogen-bond donors (Lipinski definition) is 1. The third-order valence-electron chi connectivity index (χ3n) is 2.48. The Kier molecular flexibility index (Phi) is 3.00. The van der Waals surface area contributed by atoms with E-state index in [0.717, 1.165) is 16.5 Å². The van der Waals surface area contributed by atoms with Gasteiger partial charge in [-0.3, -0.25) is 4.90 Å². The summed E-state index contributed by atoms with van der Waals surface area (Å²) in [6.45, 7) is 2.65. The summed E-state index contributed by atoms with van der Waals surface area (Å²) in [5.74, 6) is 0.397. The highest BCUT2D eigenvalue weighted by atomic mass is 79.9. The Morgan fingerprint density at radius 1 is 1.75 bits per heavy atom. The van der Waals surface area contributed by atoms with Gasteiger partial charge < -0.3 is 9.84 Å². The van der Waals surface area contributed by atoms with Crippen molar-refractivity contribution in [3.05, 3.63) is 16.2 Å². The van der Waals surface area contributed by atoms with Crippen molar-refractivity contribution in [1.29, 1.82) is 0 Å². The van der Waals surface area contributed by atoms with Crippen molar-refractivity contribution in [3.8, 4) is 5.88 Å². The molecule has 0 fully saturated rings. The van der Waals surface area contributed by atoms with Gasteiger partial charge in [-0.25, -0.2) is 9.78 Å². The van der Waals surface area contributed by atoms with E-state index in [-0.39, 0.29) is 0 Å². The highest BCUT2D eigenvalue weighted by molar-refractivity contribution is 9.10. The molecule has 86 valence electrons. The molecule has 1 N–H and O–H groups in total. The monoisotopic (exact) mass is 286 g/mol. The van der Waals surface area contributed by atoms with Crippen LogP contribution in [0.25, 0.3) is 0 Å². The van der Waals surface area contributed by atoms with Crippen LogP contribution in [0.5, 0.6) is 5.88 Å². The first-order chi connectivity index (χ1) is 7.65. The van der Waals surface area contributed by atoms with Gasteiger partial charge in [0.05, 0.1) is 6.54 Å². The zero-order chi connectivity index (χ0) is 11.7. The molecule has 6 heteroatoms. The molecule has 0 saturated carbocycles. The molecule has 2 rings (SSSR count). The molecule has 1 aliphatic rings. The average molecular weight is 287 g/mol. The van der Waals surface area contributed by atoms with Crippen LogP contribution in [-0.2, 0) is 6.42 Å². The summed E-state index contributed by atoms with van der Waals surface area (Å²) in [6, 6.07) is 0. The normalized spacial score (nSPS) is 14.2. The minimum atomic E-state index is -0.973. The van der Waals surface area contributed by atoms with Crippen LogP contribution in [0.4, 0.5) is 10.5 Å². The van der Waals surface area contributed by atoms with Gasteiger partial charge in [-0.2, -0.15) is 0 Å². The van der Waals surface area contributed by atoms with Crippen molar-refractivity contribution in [3.63, 3.8) is 0 Å². The molecule has 0 radical (unpaired) electrons. The number of rotatable bonds is 1. The van der Waals surface area contributed by atoms with Gasteiger partial charge in [-0.05, 0) is 27.9 Å². The Morgan fingerprint density at radius 3 is 3.12 bits per heavy atom. The van der Waals surface area contributed by atoms with E-state index >= 15 is 0 Å². The van der Waals surface area contributed by atoms with Crippen molar-refractivity contribution in [2.75, 3.05) is 18.1 Å². The number of ether oxygens (including phenoxy) is 1. The van der Waals surface area contributed by atoms with Crippen LogP contribution in [0, 0.1) is 0 Å². The van der Waals surface area contributed by atoms with Crippen molar-refractivity contribution in [2.24, 2.45) is 0 Å². The predicted octanol–water partition coefficient (Wildman–Crippen LogP) is 2.28. The van der Waals surface area contributed by atoms with Crippen molar-refractivity contribution >= 4 is 27.7 Å². The van der Waals surface area contributed by atoms with E-state index in [9.17, 15) is 4.79 Å². The molecule has 0 spiro atoms. The fourth-order valence-corrected chi connectivity index (χ4v) is 2.32. The quantitative estimate of drug-likeness (QED) is 0.860. The minimum absolute atomic E-state index is 0.341. The number of carbonyl (C=O) groups is 1. The standard InChI is InChI=1S/C10H11BrN2O3/c1-2-6-7(11)5-12-9-8(6)13(10(14)15)3-4-16-9/h5H,2-4H2,1H3,(H,14,15). The number of amides is 1. The Balaban J connectivity index is 2.59. The van der Waals surface area contributed by atoms with Crippen LogP contribution in [0.15, 0.2) is 10.7 Å². The van der Waals surface area contributed by atoms with E-state index in [0.29, 0.717) is 24.7 Å². The van der Waals surface area contributed by atoms with Crippen LogP contribution in [0.3, 0.4) is 0 Å². The first-order valence-electron chi connectivity index (χ1n) is 4.95. The van der Waals surface area contributed by atoms with Gasteiger partial charge in [0.15, 0.2) is 0 Å². The Hall–Kier alpha value is -1.30. The summed E-state index contributed by atoms with van der Waals surface area (Å²) < 4.78 is 6.18. The molecule has 2 heterocycles. The second-order valence-corrected chi connectivity index (χ2v) is 4.23. The van der Waals surface area contributed by atoms with E-state index in [2.05, 4.69) is 20.9 Å². The smallest absolute Gasteiger partial charge is 0.412 e. The Labute approximate surface area is 101 Å². The van der Waals surface area contributed by atoms with Crippen molar-refractivity contribution < 1.29 is 14.6 Å². The van der Waals surface area contributed by atoms with Gasteiger partial charge in [0, 0.05) is 10.7 Å². The number of pyridine rings is 1. The van der Waals surface area contributed by atoms with Crippen LogP contribution in [-0.4, -0.2) is 29.3 Å². The Bertz CT molecular complexity index is 436. The fourth-order valence-electron chi connectivity index (χ4n) is 1.75. The molecule has 0 saturated heterocycles. The second-order valence-electron chi connectivity index (χ2n) is 3.37. The molecule has 5 nitrogen and oxygen atoms in total. The summed E-state index contributed by atoms with van der Waals surface area (Å²) in [4.78, 5) is 16.5. The lowest BCUT2D eigenvalue weighted by Gasteiger charge is -2.28. The van der Waals surface area contributed by atoms with E-state index in [4.69, 9.17) is 9.84 Å². The fraction of sp³-hybridized carbons (Fsp3) is 0.400. The van der Waals surface area contributed by atoms with E-state index in [1.807, 2.05) is 6.92 Å². The summed E-state index contributed by atoms with van der Waals surface area (Å²) in [6.07, 6.45) is 1.39. The van der Waals surface area contributed by atoms with E-state index in [1.54, 1.807) is 6.20 Å². The maximum Gasteiger partial charge on any atom is 0.412 e. The summed E-state index contributed by atoms with van der Waals surface area (Å²) in [5, 5.41) is 9.12. The topological polar surface area (TPSA) is 62.7 Å². The van der Waals surface area contributed by atoms with E-state index in [1.165, 1.54) is 4.90 Å². The van der Waals surface area contributed by atoms with Gasteiger partial charge in [0.25, 0.3) is 0 Å². The molecule has 1 amide bonds. The first-order valence-corrected chi connectivity index (χ1v) is 5.75. The second kappa shape index (κ2) is 4.29. The lowest BCUT2D eigenvalue weighted by Crippen LogP contribution is -2.38. The van der Waals surface area contributed by atoms with Crippen molar-refractivity contribution in [1.82, 2.24) is 4.98 Å². The zero-order valence-electron chi connectivity index (χ0n) is 8.73.